The van der Waals surface area contributed by atoms with Gasteiger partial charge in [-0.3, -0.25) is 4.79 Å². The maximum Gasteiger partial charge on any atom is 0.416 e. The van der Waals surface area contributed by atoms with E-state index in [1.165, 1.54) is 17.0 Å². The molecule has 31 heavy (non-hydrogen) atoms. The molecule has 0 saturated heterocycles. The van der Waals surface area contributed by atoms with Crippen LogP contribution in [0.1, 0.15) is 48.3 Å². The van der Waals surface area contributed by atoms with Crippen molar-refractivity contribution in [3.8, 4) is 5.75 Å². The van der Waals surface area contributed by atoms with Crippen LogP contribution in [-0.2, 0) is 17.4 Å². The zero-order chi connectivity index (χ0) is 22.4. The van der Waals surface area contributed by atoms with Gasteiger partial charge in [0.1, 0.15) is 11.1 Å². The van der Waals surface area contributed by atoms with Crippen LogP contribution in [0.3, 0.4) is 0 Å². The molecule has 0 spiro atoms. The van der Waals surface area contributed by atoms with Gasteiger partial charge in [0, 0.05) is 17.0 Å². The molecule has 0 bridgehead atoms. The number of allylic oxidation sites excluding steroid dienone is 1. The Hall–Kier alpha value is -2.61. The molecule has 2 aromatic rings. The van der Waals surface area contributed by atoms with Crippen molar-refractivity contribution < 1.29 is 27.8 Å². The molecule has 0 amide bonds. The fourth-order valence-electron chi connectivity index (χ4n) is 3.32. The van der Waals surface area contributed by atoms with Crippen molar-refractivity contribution >= 4 is 17.7 Å². The summed E-state index contributed by atoms with van der Waals surface area (Å²) >= 11 is 1.63. The minimum absolute atomic E-state index is 0.0595. The Morgan fingerprint density at radius 3 is 2.55 bits per heavy atom. The molecule has 0 aliphatic carbocycles. The predicted octanol–water partition coefficient (Wildman–Crippen LogP) is 6.15. The maximum absolute atomic E-state index is 12.8. The van der Waals surface area contributed by atoms with Crippen molar-refractivity contribution in [3.63, 3.8) is 0 Å². The van der Waals surface area contributed by atoms with Crippen molar-refractivity contribution in [1.29, 1.82) is 0 Å². The van der Waals surface area contributed by atoms with E-state index in [1.54, 1.807) is 36.0 Å². The van der Waals surface area contributed by atoms with Gasteiger partial charge in [0.25, 0.3) is 0 Å². The summed E-state index contributed by atoms with van der Waals surface area (Å²) in [6, 6.07) is 12.3. The fourth-order valence-corrected chi connectivity index (χ4v) is 4.72. The number of aliphatic carboxylic acids is 1. The van der Waals surface area contributed by atoms with E-state index in [4.69, 9.17) is 9.84 Å². The van der Waals surface area contributed by atoms with Crippen LogP contribution in [0.5, 0.6) is 5.75 Å². The van der Waals surface area contributed by atoms with Crippen molar-refractivity contribution in [2.45, 2.75) is 44.2 Å². The third kappa shape index (κ3) is 6.43. The molecule has 8 heteroatoms. The van der Waals surface area contributed by atoms with Crippen LogP contribution >= 0.6 is 11.8 Å². The lowest BCUT2D eigenvalue weighted by molar-refractivity contribution is -0.138. The van der Waals surface area contributed by atoms with Crippen LogP contribution in [0.4, 0.5) is 13.2 Å². The standard InChI is InChI=1S/C23H24F3NO3S/c1-2-4-20-19(11-12-30-18-6-3-5-15(13-18)14-21(28)29)27-22(31-20)16-7-9-17(10-8-16)23(24,25)26/h3,5-10,13,22,27H,2,4,11-12,14H2,1H3,(H,28,29). The number of carbonyl (C=O) groups is 1. The number of halogens is 3. The molecular formula is C23H24F3NO3S. The maximum atomic E-state index is 12.8. The van der Waals surface area contributed by atoms with E-state index in [-0.39, 0.29) is 11.8 Å². The Morgan fingerprint density at radius 2 is 1.90 bits per heavy atom. The van der Waals surface area contributed by atoms with Crippen LogP contribution in [0, 0.1) is 0 Å². The molecule has 166 valence electrons. The number of carboxylic acids is 1. The molecule has 4 nitrogen and oxygen atoms in total. The van der Waals surface area contributed by atoms with Crippen LogP contribution in [0.2, 0.25) is 0 Å². The highest BCUT2D eigenvalue weighted by Crippen LogP contribution is 2.43. The summed E-state index contributed by atoms with van der Waals surface area (Å²) in [6.45, 7) is 2.49. The first kappa shape index (κ1) is 23.1. The van der Waals surface area contributed by atoms with E-state index < -0.39 is 17.7 Å². The zero-order valence-electron chi connectivity index (χ0n) is 17.0. The van der Waals surface area contributed by atoms with Gasteiger partial charge in [-0.2, -0.15) is 13.2 Å². The molecule has 1 atom stereocenters. The largest absolute Gasteiger partial charge is 0.493 e. The number of rotatable bonds is 9. The van der Waals surface area contributed by atoms with Gasteiger partial charge in [-0.05, 0) is 41.8 Å². The highest BCUT2D eigenvalue weighted by Gasteiger charge is 2.31. The molecule has 1 heterocycles. The smallest absolute Gasteiger partial charge is 0.416 e. The van der Waals surface area contributed by atoms with Gasteiger partial charge in [0.15, 0.2) is 0 Å². The lowest BCUT2D eigenvalue weighted by Crippen LogP contribution is -2.15. The van der Waals surface area contributed by atoms with Crippen LogP contribution in [0.25, 0.3) is 0 Å². The summed E-state index contributed by atoms with van der Waals surface area (Å²) in [5.41, 5.74) is 1.86. The molecule has 0 fully saturated rings. The van der Waals surface area contributed by atoms with Crippen LogP contribution in [-0.4, -0.2) is 17.7 Å². The Morgan fingerprint density at radius 1 is 1.16 bits per heavy atom. The molecule has 3 rings (SSSR count). The first-order chi connectivity index (χ1) is 14.8. The lowest BCUT2D eigenvalue weighted by Gasteiger charge is -2.15. The lowest BCUT2D eigenvalue weighted by atomic mass is 10.1. The average Bonchev–Trinajstić information content (AvgIpc) is 3.10. The second kappa shape index (κ2) is 10.1. The molecule has 1 aliphatic rings. The molecule has 0 aromatic heterocycles. The number of alkyl halides is 3. The number of nitrogens with one attached hydrogen (secondary N) is 1. The molecular weight excluding hydrogens is 427 g/mol. The predicted molar refractivity (Wildman–Crippen MR) is 115 cm³/mol. The van der Waals surface area contributed by atoms with Gasteiger partial charge >= 0.3 is 12.1 Å². The zero-order valence-corrected chi connectivity index (χ0v) is 17.9. The summed E-state index contributed by atoms with van der Waals surface area (Å²) < 4.78 is 44.3. The number of hydrogen-bond acceptors (Lipinski definition) is 4. The minimum atomic E-state index is -4.34. The topological polar surface area (TPSA) is 58.6 Å². The molecule has 1 aliphatic heterocycles. The fraction of sp³-hybridized carbons (Fsp3) is 0.348. The van der Waals surface area contributed by atoms with Crippen LogP contribution < -0.4 is 10.1 Å². The molecule has 0 saturated carbocycles. The second-order valence-electron chi connectivity index (χ2n) is 7.23. The summed E-state index contributed by atoms with van der Waals surface area (Å²) in [5, 5.41) is 12.2. The number of ether oxygens (including phenoxy) is 1. The first-order valence-corrected chi connectivity index (χ1v) is 10.9. The number of hydrogen-bond donors (Lipinski definition) is 2. The van der Waals surface area contributed by atoms with E-state index in [9.17, 15) is 18.0 Å². The van der Waals surface area contributed by atoms with E-state index in [0.29, 0.717) is 24.3 Å². The number of thioether (sulfide) groups is 1. The number of benzene rings is 2. The Labute approximate surface area is 183 Å². The van der Waals surface area contributed by atoms with Crippen molar-refractivity contribution in [2.75, 3.05) is 6.61 Å². The Balaban J connectivity index is 1.61. The van der Waals surface area contributed by atoms with Gasteiger partial charge in [0.05, 0.1) is 18.6 Å². The normalized spacial score (nSPS) is 16.3. The Kier molecular flexibility index (Phi) is 7.54. The van der Waals surface area contributed by atoms with Crippen LogP contribution in [0.15, 0.2) is 59.1 Å². The van der Waals surface area contributed by atoms with Gasteiger partial charge in [-0.15, -0.1) is 0 Å². The number of carboxylic acid groups (broad SMARTS) is 1. The summed E-state index contributed by atoms with van der Waals surface area (Å²) in [5.74, 6) is -0.283. The molecule has 1 unspecified atom stereocenters. The monoisotopic (exact) mass is 451 g/mol. The third-order valence-electron chi connectivity index (χ3n) is 4.79. The quantitative estimate of drug-likeness (QED) is 0.479. The molecule has 2 N–H and O–H groups in total. The van der Waals surface area contributed by atoms with E-state index >= 15 is 0 Å². The van der Waals surface area contributed by atoms with Crippen molar-refractivity contribution in [2.24, 2.45) is 0 Å². The SMILES string of the molecule is CCCC1=C(CCOc2cccc(CC(=O)O)c2)NC(c2ccc(C(F)(F)F)cc2)S1. The van der Waals surface area contributed by atoms with Gasteiger partial charge in [-0.25, -0.2) is 0 Å². The highest BCUT2D eigenvalue weighted by atomic mass is 32.2. The highest BCUT2D eigenvalue weighted by molar-refractivity contribution is 8.03. The Bertz CT molecular complexity index is 942. The second-order valence-corrected chi connectivity index (χ2v) is 8.43. The first-order valence-electron chi connectivity index (χ1n) is 10.0. The third-order valence-corrected chi connectivity index (χ3v) is 6.16. The molecule has 2 aromatic carbocycles. The minimum Gasteiger partial charge on any atom is -0.493 e. The summed E-state index contributed by atoms with van der Waals surface area (Å²) in [4.78, 5) is 12.1. The molecule has 0 radical (unpaired) electrons. The van der Waals surface area contributed by atoms with Gasteiger partial charge in [0.2, 0.25) is 0 Å². The summed E-state index contributed by atoms with van der Waals surface area (Å²) in [6.07, 6.45) is -1.92. The average molecular weight is 452 g/mol. The van der Waals surface area contributed by atoms with E-state index in [2.05, 4.69) is 12.2 Å². The van der Waals surface area contributed by atoms with Crippen molar-refractivity contribution in [3.05, 3.63) is 75.8 Å². The van der Waals surface area contributed by atoms with E-state index in [1.807, 2.05) is 0 Å². The van der Waals surface area contributed by atoms with Crippen molar-refractivity contribution in [1.82, 2.24) is 5.32 Å². The van der Waals surface area contributed by atoms with Gasteiger partial charge < -0.3 is 15.2 Å². The van der Waals surface area contributed by atoms with Gasteiger partial charge in [-0.1, -0.05) is 49.4 Å². The summed E-state index contributed by atoms with van der Waals surface area (Å²) in [7, 11) is 0. The van der Waals surface area contributed by atoms with E-state index in [0.717, 1.165) is 36.2 Å².